The Balaban J connectivity index is 1.93. The van der Waals surface area contributed by atoms with E-state index in [1.807, 2.05) is 25.1 Å². The van der Waals surface area contributed by atoms with Gasteiger partial charge in [-0.2, -0.15) is 0 Å². The van der Waals surface area contributed by atoms with Gasteiger partial charge >= 0.3 is 0 Å². The summed E-state index contributed by atoms with van der Waals surface area (Å²) in [5.41, 5.74) is 2.00. The number of hydrogen-bond acceptors (Lipinski definition) is 3. The standard InChI is InChI=1S/C18H16ClN3O2/c1-12-6-7-16-20-9-15(18(24)22(16)10-12)17(23)21(2)11-13-4-3-5-14(19)8-13/h3-10H,11H2,1-2H3. The zero-order valence-electron chi connectivity index (χ0n) is 13.4. The maximum atomic E-state index is 12.6. The van der Waals surface area contributed by atoms with Crippen LogP contribution in [-0.4, -0.2) is 27.2 Å². The van der Waals surface area contributed by atoms with E-state index in [1.165, 1.54) is 15.5 Å². The number of fused-ring (bicyclic) bond motifs is 1. The van der Waals surface area contributed by atoms with Crippen LogP contribution in [0.2, 0.25) is 5.02 Å². The van der Waals surface area contributed by atoms with Crippen LogP contribution in [0, 0.1) is 6.92 Å². The van der Waals surface area contributed by atoms with Crippen LogP contribution in [0.25, 0.3) is 5.65 Å². The SMILES string of the molecule is Cc1ccc2ncc(C(=O)N(C)Cc3cccc(Cl)c3)c(=O)n2c1. The van der Waals surface area contributed by atoms with Gasteiger partial charge in [0.15, 0.2) is 0 Å². The van der Waals surface area contributed by atoms with Crippen molar-refractivity contribution in [2.24, 2.45) is 0 Å². The molecule has 0 bridgehead atoms. The zero-order chi connectivity index (χ0) is 17.3. The summed E-state index contributed by atoms with van der Waals surface area (Å²) in [6.45, 7) is 2.24. The second-order valence-corrected chi connectivity index (χ2v) is 6.14. The molecular formula is C18H16ClN3O2. The predicted molar refractivity (Wildman–Crippen MR) is 93.4 cm³/mol. The Morgan fingerprint density at radius 1 is 1.29 bits per heavy atom. The van der Waals surface area contributed by atoms with Crippen LogP contribution in [0.15, 0.2) is 53.6 Å². The predicted octanol–water partition coefficient (Wildman–Crippen LogP) is 2.93. The van der Waals surface area contributed by atoms with E-state index >= 15 is 0 Å². The number of benzene rings is 1. The fourth-order valence-electron chi connectivity index (χ4n) is 2.52. The Morgan fingerprint density at radius 2 is 2.08 bits per heavy atom. The molecule has 0 saturated heterocycles. The number of rotatable bonds is 3. The number of carbonyl (C=O) groups is 1. The van der Waals surface area contributed by atoms with Crippen molar-refractivity contribution < 1.29 is 4.79 Å². The first kappa shape index (κ1) is 16.2. The topological polar surface area (TPSA) is 54.7 Å². The number of aromatic nitrogens is 2. The minimum absolute atomic E-state index is 0.0441. The van der Waals surface area contributed by atoms with E-state index in [9.17, 15) is 9.59 Å². The van der Waals surface area contributed by atoms with Crippen molar-refractivity contribution in [3.05, 3.63) is 80.9 Å². The molecule has 3 rings (SSSR count). The van der Waals surface area contributed by atoms with Crippen LogP contribution in [0.4, 0.5) is 0 Å². The van der Waals surface area contributed by atoms with Gasteiger partial charge in [0.2, 0.25) is 0 Å². The lowest BCUT2D eigenvalue weighted by molar-refractivity contribution is 0.0782. The number of hydrogen-bond donors (Lipinski definition) is 0. The summed E-state index contributed by atoms with van der Waals surface area (Å²) in [6.07, 6.45) is 3.02. The van der Waals surface area contributed by atoms with Crippen molar-refractivity contribution >= 4 is 23.2 Å². The molecule has 1 amide bonds. The zero-order valence-corrected chi connectivity index (χ0v) is 14.1. The van der Waals surface area contributed by atoms with Gasteiger partial charge in [-0.15, -0.1) is 0 Å². The van der Waals surface area contributed by atoms with Crippen LogP contribution in [0.1, 0.15) is 21.5 Å². The fraction of sp³-hybridized carbons (Fsp3) is 0.167. The minimum Gasteiger partial charge on any atom is -0.337 e. The normalized spacial score (nSPS) is 10.8. The van der Waals surface area contributed by atoms with Gasteiger partial charge in [-0.1, -0.05) is 29.8 Å². The van der Waals surface area contributed by atoms with E-state index in [0.717, 1.165) is 11.1 Å². The number of halogens is 1. The van der Waals surface area contributed by atoms with Gasteiger partial charge in [0, 0.05) is 31.0 Å². The highest BCUT2D eigenvalue weighted by atomic mass is 35.5. The molecule has 122 valence electrons. The van der Waals surface area contributed by atoms with E-state index in [0.29, 0.717) is 17.2 Å². The minimum atomic E-state index is -0.372. The number of aryl methyl sites for hydroxylation is 1. The molecule has 3 aromatic rings. The van der Waals surface area contributed by atoms with E-state index < -0.39 is 0 Å². The molecule has 24 heavy (non-hydrogen) atoms. The number of amides is 1. The molecule has 0 aliphatic rings. The highest BCUT2D eigenvalue weighted by molar-refractivity contribution is 6.30. The van der Waals surface area contributed by atoms with Gasteiger partial charge in [0.25, 0.3) is 11.5 Å². The molecule has 0 radical (unpaired) electrons. The third-order valence-electron chi connectivity index (χ3n) is 3.74. The molecule has 1 aromatic carbocycles. The van der Waals surface area contributed by atoms with Crippen molar-refractivity contribution in [3.8, 4) is 0 Å². The lowest BCUT2D eigenvalue weighted by Gasteiger charge is -2.17. The average Bonchev–Trinajstić information content (AvgIpc) is 2.55. The molecular weight excluding hydrogens is 326 g/mol. The number of pyridine rings is 1. The van der Waals surface area contributed by atoms with E-state index in [2.05, 4.69) is 4.98 Å². The summed E-state index contributed by atoms with van der Waals surface area (Å²) >= 11 is 5.96. The summed E-state index contributed by atoms with van der Waals surface area (Å²) in [5.74, 6) is -0.372. The first-order valence-corrected chi connectivity index (χ1v) is 7.81. The molecule has 0 spiro atoms. The Kier molecular flexibility index (Phi) is 4.36. The number of nitrogens with zero attached hydrogens (tertiary/aromatic N) is 3. The molecule has 6 heteroatoms. The fourth-order valence-corrected chi connectivity index (χ4v) is 2.73. The lowest BCUT2D eigenvalue weighted by Crippen LogP contribution is -2.33. The number of carbonyl (C=O) groups excluding carboxylic acids is 1. The van der Waals surface area contributed by atoms with Gasteiger partial charge in [0.05, 0.1) is 0 Å². The Bertz CT molecular complexity index is 981. The van der Waals surface area contributed by atoms with Gasteiger partial charge in [-0.25, -0.2) is 4.98 Å². The molecule has 0 atom stereocenters. The molecule has 0 unspecified atom stereocenters. The first-order valence-electron chi connectivity index (χ1n) is 7.43. The van der Waals surface area contributed by atoms with Crippen LogP contribution in [0.3, 0.4) is 0 Å². The molecule has 0 saturated carbocycles. The van der Waals surface area contributed by atoms with E-state index in [4.69, 9.17) is 11.6 Å². The summed E-state index contributed by atoms with van der Waals surface area (Å²) in [6, 6.07) is 10.9. The lowest BCUT2D eigenvalue weighted by atomic mass is 10.2. The van der Waals surface area contributed by atoms with E-state index in [1.54, 1.807) is 31.4 Å². The third kappa shape index (κ3) is 3.16. The highest BCUT2D eigenvalue weighted by Gasteiger charge is 2.17. The highest BCUT2D eigenvalue weighted by Crippen LogP contribution is 2.13. The molecule has 2 heterocycles. The first-order chi connectivity index (χ1) is 11.5. The maximum absolute atomic E-state index is 12.6. The molecule has 2 aromatic heterocycles. The van der Waals surface area contributed by atoms with Crippen LogP contribution in [-0.2, 0) is 6.54 Å². The summed E-state index contributed by atoms with van der Waals surface area (Å²) in [5, 5.41) is 0.608. The van der Waals surface area contributed by atoms with Crippen molar-refractivity contribution in [2.75, 3.05) is 7.05 Å². The van der Waals surface area contributed by atoms with Crippen molar-refractivity contribution in [3.63, 3.8) is 0 Å². The Labute approximate surface area is 144 Å². The van der Waals surface area contributed by atoms with Crippen LogP contribution < -0.4 is 5.56 Å². The monoisotopic (exact) mass is 341 g/mol. The third-order valence-corrected chi connectivity index (χ3v) is 3.97. The van der Waals surface area contributed by atoms with Crippen LogP contribution in [0.5, 0.6) is 0 Å². The summed E-state index contributed by atoms with van der Waals surface area (Å²) in [4.78, 5) is 30.9. The molecule has 0 aliphatic heterocycles. The van der Waals surface area contributed by atoms with Crippen LogP contribution >= 0.6 is 11.6 Å². The van der Waals surface area contributed by atoms with Gasteiger partial charge < -0.3 is 4.90 Å². The van der Waals surface area contributed by atoms with Gasteiger partial charge in [-0.05, 0) is 36.2 Å². The molecule has 0 fully saturated rings. The Hall–Kier alpha value is -2.66. The van der Waals surface area contributed by atoms with Crippen molar-refractivity contribution in [1.82, 2.24) is 14.3 Å². The molecule has 0 aliphatic carbocycles. The second-order valence-electron chi connectivity index (χ2n) is 5.70. The quantitative estimate of drug-likeness (QED) is 0.736. The summed E-state index contributed by atoms with van der Waals surface area (Å²) < 4.78 is 1.40. The van der Waals surface area contributed by atoms with Gasteiger partial charge in [-0.3, -0.25) is 14.0 Å². The Morgan fingerprint density at radius 3 is 2.83 bits per heavy atom. The molecule has 0 N–H and O–H groups in total. The smallest absolute Gasteiger partial charge is 0.270 e. The average molecular weight is 342 g/mol. The van der Waals surface area contributed by atoms with Gasteiger partial charge in [0.1, 0.15) is 11.2 Å². The summed E-state index contributed by atoms with van der Waals surface area (Å²) in [7, 11) is 1.65. The van der Waals surface area contributed by atoms with Crippen molar-refractivity contribution in [2.45, 2.75) is 13.5 Å². The maximum Gasteiger partial charge on any atom is 0.270 e. The second kappa shape index (κ2) is 6.45. The van der Waals surface area contributed by atoms with E-state index in [-0.39, 0.29) is 17.0 Å². The largest absolute Gasteiger partial charge is 0.337 e. The van der Waals surface area contributed by atoms with Crippen molar-refractivity contribution in [1.29, 1.82) is 0 Å². The molecule has 5 nitrogen and oxygen atoms in total.